The average Bonchev–Trinajstić information content (AvgIpc) is 2.99. The maximum absolute atomic E-state index is 12.4. The van der Waals surface area contributed by atoms with Crippen LogP contribution in [0.4, 0.5) is 0 Å². The van der Waals surface area contributed by atoms with Crippen molar-refractivity contribution >= 4 is 22.8 Å². The Balaban J connectivity index is 1.49. The molecule has 0 atom stereocenters. The van der Waals surface area contributed by atoms with Gasteiger partial charge in [0.1, 0.15) is 5.82 Å². The molecule has 1 aliphatic rings. The smallest absolute Gasteiger partial charge is 0.231 e. The Morgan fingerprint density at radius 3 is 2.69 bits per heavy atom. The molecule has 1 aromatic heterocycles. The first-order valence-corrected chi connectivity index (χ1v) is 9.31. The fourth-order valence-electron chi connectivity index (χ4n) is 3.68. The number of likely N-dealkylation sites (tertiary alicyclic amines) is 1. The number of hydrogen-bond donors (Lipinski definition) is 2. The molecule has 0 spiro atoms. The molecule has 2 heterocycles. The highest BCUT2D eigenvalue weighted by molar-refractivity contribution is 5.79. The molecule has 3 rings (SSSR count). The number of hydrogen-bond acceptors (Lipinski definition) is 4. The number of nitrogens with zero attached hydrogens (tertiary/aromatic N) is 3. The minimum atomic E-state index is -0.313. The van der Waals surface area contributed by atoms with Crippen molar-refractivity contribution in [3.05, 3.63) is 30.1 Å². The van der Waals surface area contributed by atoms with E-state index in [1.807, 2.05) is 23.1 Å². The summed E-state index contributed by atoms with van der Waals surface area (Å²) in [4.78, 5) is 30.1. The molecule has 0 aliphatic carbocycles. The van der Waals surface area contributed by atoms with Gasteiger partial charge in [0.05, 0.1) is 17.6 Å². The standard InChI is InChI=1S/C19H27N5O2/c1-2-24-16-6-4-3-5-15(16)22-18(24)7-10-21-19(26)14-8-11-23(12-9-14)13-17(20)25/h3-6,14H,2,7-13H2,1H3,(H2,20,25)(H,21,26). The van der Waals surface area contributed by atoms with Crippen molar-refractivity contribution in [1.82, 2.24) is 19.8 Å². The molecule has 1 aliphatic heterocycles. The number of rotatable bonds is 7. The predicted octanol–water partition coefficient (Wildman–Crippen LogP) is 0.912. The second-order valence-corrected chi connectivity index (χ2v) is 6.82. The molecule has 1 fully saturated rings. The number of para-hydroxylation sites is 2. The van der Waals surface area contributed by atoms with Gasteiger partial charge in [0.15, 0.2) is 0 Å². The monoisotopic (exact) mass is 357 g/mol. The topological polar surface area (TPSA) is 93.3 Å². The van der Waals surface area contributed by atoms with Crippen LogP contribution in [-0.4, -0.2) is 52.4 Å². The minimum absolute atomic E-state index is 0.0177. The van der Waals surface area contributed by atoms with Crippen LogP contribution in [0.5, 0.6) is 0 Å². The van der Waals surface area contributed by atoms with Crippen molar-refractivity contribution in [2.45, 2.75) is 32.7 Å². The van der Waals surface area contributed by atoms with E-state index >= 15 is 0 Å². The number of primary amides is 1. The summed E-state index contributed by atoms with van der Waals surface area (Å²) < 4.78 is 2.20. The largest absolute Gasteiger partial charge is 0.369 e. The molecule has 0 saturated carbocycles. The SMILES string of the molecule is CCn1c(CCNC(=O)C2CCN(CC(N)=O)CC2)nc2ccccc21. The average molecular weight is 357 g/mol. The summed E-state index contributed by atoms with van der Waals surface area (Å²) in [7, 11) is 0. The van der Waals surface area contributed by atoms with Crippen molar-refractivity contribution in [2.24, 2.45) is 11.7 Å². The van der Waals surface area contributed by atoms with E-state index in [1.165, 1.54) is 0 Å². The zero-order valence-corrected chi connectivity index (χ0v) is 15.3. The first-order chi connectivity index (χ1) is 12.6. The Labute approximate surface area is 153 Å². The Kier molecular flexibility index (Phi) is 5.88. The highest BCUT2D eigenvalue weighted by Crippen LogP contribution is 2.18. The Bertz CT molecular complexity index is 777. The number of aromatic nitrogens is 2. The molecule has 140 valence electrons. The summed E-state index contributed by atoms with van der Waals surface area (Å²) in [6.45, 7) is 5.32. The lowest BCUT2D eigenvalue weighted by Gasteiger charge is -2.30. The van der Waals surface area contributed by atoms with Crippen LogP contribution in [0.1, 0.15) is 25.6 Å². The Hall–Kier alpha value is -2.41. The number of aryl methyl sites for hydroxylation is 1. The van der Waals surface area contributed by atoms with E-state index in [1.54, 1.807) is 0 Å². The first-order valence-electron chi connectivity index (χ1n) is 9.31. The number of imidazole rings is 1. The Morgan fingerprint density at radius 1 is 1.27 bits per heavy atom. The number of nitrogens with one attached hydrogen (secondary N) is 1. The molecular formula is C19H27N5O2. The van der Waals surface area contributed by atoms with Crippen molar-refractivity contribution in [1.29, 1.82) is 0 Å². The van der Waals surface area contributed by atoms with Gasteiger partial charge in [-0.25, -0.2) is 4.98 Å². The third-order valence-corrected chi connectivity index (χ3v) is 5.04. The molecule has 0 radical (unpaired) electrons. The van der Waals surface area contributed by atoms with Gasteiger partial charge in [0, 0.05) is 25.4 Å². The van der Waals surface area contributed by atoms with Crippen molar-refractivity contribution in [2.75, 3.05) is 26.2 Å². The van der Waals surface area contributed by atoms with Crippen LogP contribution in [0.2, 0.25) is 0 Å². The van der Waals surface area contributed by atoms with E-state index in [2.05, 4.69) is 22.9 Å². The van der Waals surface area contributed by atoms with E-state index in [0.717, 1.165) is 55.8 Å². The summed E-state index contributed by atoms with van der Waals surface area (Å²) >= 11 is 0. The number of carbonyl (C=O) groups excluding carboxylic acids is 2. The van der Waals surface area contributed by atoms with E-state index in [9.17, 15) is 9.59 Å². The van der Waals surface area contributed by atoms with Crippen molar-refractivity contribution in [3.8, 4) is 0 Å². The van der Waals surface area contributed by atoms with E-state index in [0.29, 0.717) is 6.54 Å². The van der Waals surface area contributed by atoms with Gasteiger partial charge in [-0.15, -0.1) is 0 Å². The first kappa shape index (κ1) is 18.4. The van der Waals surface area contributed by atoms with E-state index in [4.69, 9.17) is 10.7 Å². The lowest BCUT2D eigenvalue weighted by Crippen LogP contribution is -2.43. The normalized spacial score (nSPS) is 16.0. The van der Waals surface area contributed by atoms with Crippen LogP contribution in [0.25, 0.3) is 11.0 Å². The van der Waals surface area contributed by atoms with Gasteiger partial charge in [0.2, 0.25) is 11.8 Å². The van der Waals surface area contributed by atoms with Crippen LogP contribution in [0.3, 0.4) is 0 Å². The lowest BCUT2D eigenvalue weighted by atomic mass is 9.96. The van der Waals surface area contributed by atoms with Gasteiger partial charge in [0.25, 0.3) is 0 Å². The number of carbonyl (C=O) groups is 2. The van der Waals surface area contributed by atoms with Gasteiger partial charge >= 0.3 is 0 Å². The molecule has 7 nitrogen and oxygen atoms in total. The number of nitrogens with two attached hydrogens (primary N) is 1. The number of amides is 2. The molecule has 0 bridgehead atoms. The Morgan fingerprint density at radius 2 is 2.00 bits per heavy atom. The quantitative estimate of drug-likeness (QED) is 0.770. The highest BCUT2D eigenvalue weighted by Gasteiger charge is 2.25. The molecule has 2 amide bonds. The van der Waals surface area contributed by atoms with Gasteiger partial charge < -0.3 is 15.6 Å². The fourth-order valence-corrected chi connectivity index (χ4v) is 3.68. The van der Waals surface area contributed by atoms with Gasteiger partial charge in [-0.05, 0) is 45.0 Å². The zero-order chi connectivity index (χ0) is 18.5. The molecule has 1 saturated heterocycles. The second kappa shape index (κ2) is 8.31. The van der Waals surface area contributed by atoms with Crippen LogP contribution in [0.15, 0.2) is 24.3 Å². The molecule has 2 aromatic rings. The van der Waals surface area contributed by atoms with Gasteiger partial charge in [-0.2, -0.15) is 0 Å². The molecule has 26 heavy (non-hydrogen) atoms. The van der Waals surface area contributed by atoms with Crippen LogP contribution in [0, 0.1) is 5.92 Å². The predicted molar refractivity (Wildman–Crippen MR) is 100 cm³/mol. The molecule has 3 N–H and O–H groups in total. The highest BCUT2D eigenvalue weighted by atomic mass is 16.2. The van der Waals surface area contributed by atoms with Gasteiger partial charge in [-0.1, -0.05) is 12.1 Å². The van der Waals surface area contributed by atoms with Crippen molar-refractivity contribution < 1.29 is 9.59 Å². The molecule has 0 unspecified atom stereocenters. The summed E-state index contributed by atoms with van der Waals surface area (Å²) in [5, 5.41) is 3.05. The van der Waals surface area contributed by atoms with Crippen LogP contribution >= 0.6 is 0 Å². The summed E-state index contributed by atoms with van der Waals surface area (Å²) in [5.74, 6) is 0.809. The summed E-state index contributed by atoms with van der Waals surface area (Å²) in [6, 6.07) is 8.11. The minimum Gasteiger partial charge on any atom is -0.369 e. The summed E-state index contributed by atoms with van der Waals surface area (Å²) in [5.41, 5.74) is 7.36. The molecule has 7 heteroatoms. The number of benzene rings is 1. The maximum atomic E-state index is 12.4. The maximum Gasteiger partial charge on any atom is 0.231 e. The third kappa shape index (κ3) is 4.22. The van der Waals surface area contributed by atoms with Gasteiger partial charge in [-0.3, -0.25) is 14.5 Å². The number of fused-ring (bicyclic) bond motifs is 1. The lowest BCUT2D eigenvalue weighted by molar-refractivity contribution is -0.126. The zero-order valence-electron chi connectivity index (χ0n) is 15.3. The fraction of sp³-hybridized carbons (Fsp3) is 0.526. The second-order valence-electron chi connectivity index (χ2n) is 6.82. The molecular weight excluding hydrogens is 330 g/mol. The molecule has 1 aromatic carbocycles. The van der Waals surface area contributed by atoms with E-state index in [-0.39, 0.29) is 24.3 Å². The van der Waals surface area contributed by atoms with Crippen LogP contribution in [-0.2, 0) is 22.6 Å². The van der Waals surface area contributed by atoms with Crippen molar-refractivity contribution in [3.63, 3.8) is 0 Å². The van der Waals surface area contributed by atoms with E-state index < -0.39 is 0 Å². The summed E-state index contributed by atoms with van der Waals surface area (Å²) in [6.07, 6.45) is 2.26. The number of piperidine rings is 1. The van der Waals surface area contributed by atoms with Crippen LogP contribution < -0.4 is 11.1 Å². The third-order valence-electron chi connectivity index (χ3n) is 5.04.